The van der Waals surface area contributed by atoms with Crippen LogP contribution in [0.3, 0.4) is 0 Å². The van der Waals surface area contributed by atoms with Gasteiger partial charge in [0.05, 0.1) is 11.4 Å². The summed E-state index contributed by atoms with van der Waals surface area (Å²) in [6, 6.07) is 5.11. The summed E-state index contributed by atoms with van der Waals surface area (Å²) in [5, 5.41) is 17.8. The summed E-state index contributed by atoms with van der Waals surface area (Å²) in [7, 11) is 0. The summed E-state index contributed by atoms with van der Waals surface area (Å²) < 4.78 is 0. The Bertz CT molecular complexity index is 484. The molecule has 6 nitrogen and oxygen atoms in total. The Morgan fingerprint density at radius 3 is 2.90 bits per heavy atom. The van der Waals surface area contributed by atoms with Crippen molar-refractivity contribution in [2.75, 3.05) is 29.5 Å². The van der Waals surface area contributed by atoms with Gasteiger partial charge in [-0.3, -0.25) is 5.32 Å². The van der Waals surface area contributed by atoms with Crippen molar-refractivity contribution in [2.24, 2.45) is 0 Å². The summed E-state index contributed by atoms with van der Waals surface area (Å²) in [6.07, 6.45) is 2.51. The summed E-state index contributed by atoms with van der Waals surface area (Å²) in [5.41, 5.74) is 7.87. The lowest BCUT2D eigenvalue weighted by atomic mass is 9.91. The second-order valence-electron chi connectivity index (χ2n) is 5.53. The van der Waals surface area contributed by atoms with Crippen LogP contribution < -0.4 is 21.7 Å². The molecular formula is C14H22N4O2. The topological polar surface area (TPSA) is 99.4 Å². The monoisotopic (exact) mass is 278 g/mol. The zero-order valence-corrected chi connectivity index (χ0v) is 11.7. The number of hydrogen-bond donors (Lipinski definition) is 5. The second-order valence-corrected chi connectivity index (χ2v) is 5.53. The van der Waals surface area contributed by atoms with Gasteiger partial charge in [-0.05, 0) is 44.5 Å². The molecule has 1 aromatic carbocycles. The average molecular weight is 278 g/mol. The van der Waals surface area contributed by atoms with Crippen molar-refractivity contribution >= 4 is 23.2 Å². The first-order valence-corrected chi connectivity index (χ1v) is 6.87. The second kappa shape index (κ2) is 6.00. The van der Waals surface area contributed by atoms with E-state index in [-0.39, 0.29) is 5.54 Å². The van der Waals surface area contributed by atoms with Crippen LogP contribution in [-0.4, -0.2) is 29.8 Å². The van der Waals surface area contributed by atoms with Gasteiger partial charge in [0, 0.05) is 17.8 Å². The Morgan fingerprint density at radius 2 is 2.30 bits per heavy atom. The number of carboxylic acid groups (broad SMARTS) is 1. The summed E-state index contributed by atoms with van der Waals surface area (Å²) in [6.45, 7) is 4.05. The lowest BCUT2D eigenvalue weighted by Gasteiger charge is -2.35. The highest BCUT2D eigenvalue weighted by Crippen LogP contribution is 2.25. The lowest BCUT2D eigenvalue weighted by molar-refractivity contribution is 0.210. The van der Waals surface area contributed by atoms with Crippen LogP contribution in [0.2, 0.25) is 0 Å². The van der Waals surface area contributed by atoms with E-state index in [0.717, 1.165) is 25.2 Å². The maximum atomic E-state index is 10.6. The number of rotatable bonds is 4. The number of anilines is 3. The third-order valence-electron chi connectivity index (χ3n) is 3.68. The summed E-state index contributed by atoms with van der Waals surface area (Å²) in [4.78, 5) is 10.6. The molecule has 6 N–H and O–H groups in total. The minimum Gasteiger partial charge on any atom is -0.465 e. The van der Waals surface area contributed by atoms with Crippen molar-refractivity contribution < 1.29 is 9.90 Å². The normalized spacial score (nSPS) is 22.2. The Morgan fingerprint density at radius 1 is 1.50 bits per heavy atom. The van der Waals surface area contributed by atoms with Gasteiger partial charge in [0.15, 0.2) is 0 Å². The van der Waals surface area contributed by atoms with E-state index in [9.17, 15) is 4.79 Å². The molecule has 1 amide bonds. The van der Waals surface area contributed by atoms with Gasteiger partial charge in [0.1, 0.15) is 0 Å². The molecule has 0 unspecified atom stereocenters. The van der Waals surface area contributed by atoms with Crippen LogP contribution in [0, 0.1) is 0 Å². The fraction of sp³-hybridized carbons (Fsp3) is 0.500. The van der Waals surface area contributed by atoms with Gasteiger partial charge in [0.25, 0.3) is 0 Å². The SMILES string of the molecule is C[C@]1(CNc2ccc(NC(=O)O)cc2N)CCCCN1. The van der Waals surface area contributed by atoms with Gasteiger partial charge in [-0.2, -0.15) is 0 Å². The molecule has 1 atom stereocenters. The molecule has 0 radical (unpaired) electrons. The number of piperidine rings is 1. The molecular weight excluding hydrogens is 256 g/mol. The Kier molecular flexibility index (Phi) is 4.34. The quantitative estimate of drug-likeness (QED) is 0.544. The van der Waals surface area contributed by atoms with Gasteiger partial charge in [0.2, 0.25) is 0 Å². The van der Waals surface area contributed by atoms with Crippen molar-refractivity contribution in [2.45, 2.75) is 31.7 Å². The molecule has 1 fully saturated rings. The molecule has 1 aliphatic heterocycles. The first kappa shape index (κ1) is 14.5. The molecule has 1 saturated heterocycles. The standard InChI is InChI=1S/C14H22N4O2/c1-14(6-2-3-7-17-14)9-16-12-5-4-10(8-11(12)15)18-13(19)20/h4-5,8,16-18H,2-3,6-7,9,15H2,1H3,(H,19,20)/t14-/m1/s1. The van der Waals surface area contributed by atoms with E-state index >= 15 is 0 Å². The third-order valence-corrected chi connectivity index (χ3v) is 3.68. The first-order valence-electron chi connectivity index (χ1n) is 6.87. The molecule has 6 heteroatoms. The predicted molar refractivity (Wildman–Crippen MR) is 81.3 cm³/mol. The minimum absolute atomic E-state index is 0.0860. The predicted octanol–water partition coefficient (Wildman–Crippen LogP) is 2.30. The number of benzene rings is 1. The smallest absolute Gasteiger partial charge is 0.409 e. The number of nitrogen functional groups attached to an aromatic ring is 1. The van der Waals surface area contributed by atoms with Crippen LogP contribution in [-0.2, 0) is 0 Å². The number of hydrogen-bond acceptors (Lipinski definition) is 4. The van der Waals surface area contributed by atoms with Gasteiger partial charge in [-0.25, -0.2) is 4.79 Å². The highest BCUT2D eigenvalue weighted by Gasteiger charge is 2.25. The van der Waals surface area contributed by atoms with Gasteiger partial charge >= 0.3 is 6.09 Å². The number of nitrogens with one attached hydrogen (secondary N) is 3. The van der Waals surface area contributed by atoms with Crippen molar-refractivity contribution in [1.29, 1.82) is 0 Å². The molecule has 1 aliphatic rings. The zero-order valence-electron chi connectivity index (χ0n) is 11.7. The van der Waals surface area contributed by atoms with E-state index in [1.807, 2.05) is 0 Å². The van der Waals surface area contributed by atoms with Crippen LogP contribution in [0.15, 0.2) is 18.2 Å². The molecule has 1 heterocycles. The molecule has 0 spiro atoms. The van der Waals surface area contributed by atoms with E-state index in [1.165, 1.54) is 12.8 Å². The maximum Gasteiger partial charge on any atom is 0.409 e. The van der Waals surface area contributed by atoms with Gasteiger partial charge in [-0.15, -0.1) is 0 Å². The molecule has 2 rings (SSSR count). The van der Waals surface area contributed by atoms with Crippen LogP contribution in [0.1, 0.15) is 26.2 Å². The molecule has 110 valence electrons. The Balaban J connectivity index is 1.97. The molecule has 20 heavy (non-hydrogen) atoms. The fourth-order valence-electron chi connectivity index (χ4n) is 2.48. The summed E-state index contributed by atoms with van der Waals surface area (Å²) >= 11 is 0. The van der Waals surface area contributed by atoms with Crippen LogP contribution in [0.25, 0.3) is 0 Å². The van der Waals surface area contributed by atoms with E-state index in [4.69, 9.17) is 10.8 Å². The van der Waals surface area contributed by atoms with Crippen LogP contribution >= 0.6 is 0 Å². The Labute approximate surface area is 118 Å². The van der Waals surface area contributed by atoms with E-state index in [0.29, 0.717) is 11.4 Å². The van der Waals surface area contributed by atoms with Gasteiger partial charge in [-0.1, -0.05) is 6.42 Å². The van der Waals surface area contributed by atoms with Crippen LogP contribution in [0.4, 0.5) is 21.9 Å². The molecule has 0 saturated carbocycles. The third kappa shape index (κ3) is 3.77. The molecule has 1 aromatic rings. The van der Waals surface area contributed by atoms with E-state index in [2.05, 4.69) is 22.9 Å². The minimum atomic E-state index is -1.09. The Hall–Kier alpha value is -1.95. The largest absolute Gasteiger partial charge is 0.465 e. The van der Waals surface area contributed by atoms with E-state index in [1.54, 1.807) is 18.2 Å². The van der Waals surface area contributed by atoms with Crippen molar-refractivity contribution in [3.8, 4) is 0 Å². The number of nitrogens with two attached hydrogens (primary N) is 1. The van der Waals surface area contributed by atoms with E-state index < -0.39 is 6.09 Å². The van der Waals surface area contributed by atoms with Crippen molar-refractivity contribution in [1.82, 2.24) is 5.32 Å². The number of carbonyl (C=O) groups is 1. The average Bonchev–Trinajstić information content (AvgIpc) is 2.38. The van der Waals surface area contributed by atoms with Crippen LogP contribution in [0.5, 0.6) is 0 Å². The lowest BCUT2D eigenvalue weighted by Crippen LogP contribution is -2.50. The summed E-state index contributed by atoms with van der Waals surface area (Å²) in [5.74, 6) is 0. The molecule has 0 bridgehead atoms. The maximum absolute atomic E-state index is 10.6. The first-order chi connectivity index (χ1) is 9.48. The highest BCUT2D eigenvalue weighted by atomic mass is 16.4. The van der Waals surface area contributed by atoms with Gasteiger partial charge < -0.3 is 21.5 Å². The zero-order chi connectivity index (χ0) is 14.6. The number of amides is 1. The van der Waals surface area contributed by atoms with Crippen molar-refractivity contribution in [3.05, 3.63) is 18.2 Å². The molecule has 0 aliphatic carbocycles. The highest BCUT2D eigenvalue weighted by molar-refractivity contribution is 5.85. The molecule has 0 aromatic heterocycles. The fourth-order valence-corrected chi connectivity index (χ4v) is 2.48. The van der Waals surface area contributed by atoms with Crippen molar-refractivity contribution in [3.63, 3.8) is 0 Å².